The van der Waals surface area contributed by atoms with E-state index in [4.69, 9.17) is 11.1 Å². The maximum Gasteiger partial charge on any atom is 0.0572 e. The van der Waals surface area contributed by atoms with Crippen molar-refractivity contribution in [1.82, 2.24) is 0 Å². The Morgan fingerprint density at radius 3 is 1.42 bits per heavy atom. The molecule has 8 heteroatoms. The second kappa shape index (κ2) is 8.48. The van der Waals surface area contributed by atoms with Gasteiger partial charge in [-0.2, -0.15) is 10.2 Å². The minimum absolute atomic E-state index is 0.526. The van der Waals surface area contributed by atoms with Crippen molar-refractivity contribution in [3.63, 3.8) is 0 Å². The van der Waals surface area contributed by atoms with Crippen LogP contribution in [0.2, 0.25) is 0 Å². The molecule has 0 saturated carbocycles. The van der Waals surface area contributed by atoms with E-state index in [9.17, 15) is 0 Å². The quantitative estimate of drug-likeness (QED) is 0.199. The maximum absolute atomic E-state index is 8.74. The van der Waals surface area contributed by atoms with Crippen LogP contribution in [0.15, 0.2) is 44.7 Å². The minimum atomic E-state index is 0.526. The Labute approximate surface area is 151 Å². The van der Waals surface area contributed by atoms with Crippen molar-refractivity contribution in [2.75, 3.05) is 0 Å². The van der Waals surface area contributed by atoms with E-state index in [1.54, 1.807) is 0 Å². The second-order valence-corrected chi connectivity index (χ2v) is 5.91. The van der Waals surface area contributed by atoms with E-state index in [1.807, 2.05) is 52.0 Å². The first kappa shape index (κ1) is 18.7. The van der Waals surface area contributed by atoms with Crippen molar-refractivity contribution in [2.45, 2.75) is 27.7 Å². The molecule has 0 amide bonds. The van der Waals surface area contributed by atoms with Crippen molar-refractivity contribution >= 4 is 23.8 Å². The van der Waals surface area contributed by atoms with Gasteiger partial charge in [-0.3, -0.25) is 0 Å². The molecule has 0 heterocycles. The highest BCUT2D eigenvalue weighted by Crippen LogP contribution is 2.26. The van der Waals surface area contributed by atoms with Crippen LogP contribution in [0, 0.1) is 27.7 Å². The highest BCUT2D eigenvalue weighted by Gasteiger charge is 2.05. The Bertz CT molecular complexity index is 909. The fourth-order valence-electron chi connectivity index (χ4n) is 2.74. The summed E-state index contributed by atoms with van der Waals surface area (Å²) in [4.78, 5) is 5.73. The van der Waals surface area contributed by atoms with Crippen LogP contribution in [-0.2, 0) is 0 Å². The number of aryl methyl sites for hydroxylation is 4. The molecule has 2 rings (SSSR count). The third kappa shape index (κ3) is 4.48. The lowest BCUT2D eigenvalue weighted by Crippen LogP contribution is -1.89. The number of hydrogen-bond donors (Lipinski definition) is 0. The average molecular weight is 346 g/mol. The van der Waals surface area contributed by atoms with Gasteiger partial charge in [0.05, 0.1) is 12.4 Å². The molecule has 0 atom stereocenters. The van der Waals surface area contributed by atoms with Crippen LogP contribution >= 0.6 is 0 Å². The molecule has 2 aromatic carbocycles. The van der Waals surface area contributed by atoms with E-state index in [0.717, 1.165) is 22.3 Å². The van der Waals surface area contributed by atoms with Crippen molar-refractivity contribution < 1.29 is 0 Å². The van der Waals surface area contributed by atoms with Crippen molar-refractivity contribution in [3.05, 3.63) is 78.5 Å². The largest absolute Gasteiger partial charge is 0.159 e. The molecule has 0 bridgehead atoms. The van der Waals surface area contributed by atoms with Crippen molar-refractivity contribution in [2.24, 2.45) is 20.4 Å². The summed E-state index contributed by atoms with van der Waals surface area (Å²) in [5.41, 5.74) is 23.7. The zero-order valence-corrected chi connectivity index (χ0v) is 15.0. The Kier molecular flexibility index (Phi) is 6.11. The average Bonchev–Trinajstić information content (AvgIpc) is 2.57. The summed E-state index contributed by atoms with van der Waals surface area (Å²) in [5, 5.41) is 15.6. The summed E-state index contributed by atoms with van der Waals surface area (Å²) in [7, 11) is 0. The minimum Gasteiger partial charge on any atom is -0.159 e. The molecule has 130 valence electrons. The summed E-state index contributed by atoms with van der Waals surface area (Å²) in [6, 6.07) is 7.62. The normalized spacial score (nSPS) is 10.8. The third-order valence-electron chi connectivity index (χ3n) is 3.70. The summed E-state index contributed by atoms with van der Waals surface area (Å²) < 4.78 is 0. The molecule has 0 aliphatic carbocycles. The monoisotopic (exact) mass is 346 g/mol. The summed E-state index contributed by atoms with van der Waals surface area (Å²) in [6.07, 6.45) is 3.08. The molecule has 0 saturated heterocycles. The SMILES string of the molecule is Cc1cc(C)c(N=[N+]=[N-])c(/C=N/N=C/c2cc(C)cc(C)c2N=[N+]=[N-])c1. The van der Waals surface area contributed by atoms with Gasteiger partial charge < -0.3 is 0 Å². The highest BCUT2D eigenvalue weighted by atomic mass is 15.2. The van der Waals surface area contributed by atoms with Crippen LogP contribution in [0.5, 0.6) is 0 Å². The van der Waals surface area contributed by atoms with Gasteiger partial charge in [0.25, 0.3) is 0 Å². The Morgan fingerprint density at radius 1 is 0.692 bits per heavy atom. The summed E-state index contributed by atoms with van der Waals surface area (Å²) in [5.74, 6) is 0. The number of nitrogens with zero attached hydrogens (tertiary/aromatic N) is 8. The Balaban J connectivity index is 2.38. The lowest BCUT2D eigenvalue weighted by atomic mass is 10.1. The second-order valence-electron chi connectivity index (χ2n) is 5.91. The summed E-state index contributed by atoms with van der Waals surface area (Å²) >= 11 is 0. The van der Waals surface area contributed by atoms with Gasteiger partial charge in [-0.1, -0.05) is 33.5 Å². The fourth-order valence-corrected chi connectivity index (χ4v) is 2.74. The molecule has 0 spiro atoms. The smallest absolute Gasteiger partial charge is 0.0572 e. The predicted octanol–water partition coefficient (Wildman–Crippen LogP) is 6.26. The molecule has 0 radical (unpaired) electrons. The molecule has 8 nitrogen and oxygen atoms in total. The molecular weight excluding hydrogens is 328 g/mol. The van der Waals surface area contributed by atoms with Crippen LogP contribution in [-0.4, -0.2) is 12.4 Å². The first-order valence-electron chi connectivity index (χ1n) is 7.85. The number of benzene rings is 2. The van der Waals surface area contributed by atoms with Crippen LogP contribution in [0.1, 0.15) is 33.4 Å². The van der Waals surface area contributed by atoms with E-state index in [1.165, 1.54) is 12.4 Å². The van der Waals surface area contributed by atoms with Crippen LogP contribution in [0.4, 0.5) is 11.4 Å². The third-order valence-corrected chi connectivity index (χ3v) is 3.70. The predicted molar refractivity (Wildman–Crippen MR) is 105 cm³/mol. The van der Waals surface area contributed by atoms with Gasteiger partial charge >= 0.3 is 0 Å². The number of hydrogen-bond acceptors (Lipinski definition) is 4. The van der Waals surface area contributed by atoms with Gasteiger partial charge in [-0.25, -0.2) is 0 Å². The first-order chi connectivity index (χ1) is 12.5. The maximum atomic E-state index is 8.74. The molecule has 2 aromatic rings. The lowest BCUT2D eigenvalue weighted by Gasteiger charge is -2.06. The molecule has 0 N–H and O–H groups in total. The van der Waals surface area contributed by atoms with Crippen molar-refractivity contribution in [1.29, 1.82) is 0 Å². The number of rotatable bonds is 5. The van der Waals surface area contributed by atoms with Gasteiger partial charge in [-0.15, -0.1) is 0 Å². The van der Waals surface area contributed by atoms with Crippen LogP contribution in [0.25, 0.3) is 20.9 Å². The molecule has 0 fully saturated rings. The zero-order chi connectivity index (χ0) is 19.1. The fraction of sp³-hybridized carbons (Fsp3) is 0.222. The van der Waals surface area contributed by atoms with Gasteiger partial charge in [0.1, 0.15) is 0 Å². The van der Waals surface area contributed by atoms with Crippen LogP contribution < -0.4 is 0 Å². The highest BCUT2D eigenvalue weighted by molar-refractivity contribution is 5.90. The van der Waals surface area contributed by atoms with Gasteiger partial charge in [0.2, 0.25) is 0 Å². The van der Waals surface area contributed by atoms with E-state index >= 15 is 0 Å². The van der Waals surface area contributed by atoms with E-state index < -0.39 is 0 Å². The molecule has 0 aliphatic heterocycles. The van der Waals surface area contributed by atoms with Crippen molar-refractivity contribution in [3.8, 4) is 0 Å². The standard InChI is InChI=1S/C18H18N8/c1-11-5-13(3)17(23-25-19)15(7-11)9-21-22-10-16-8-12(2)6-14(4)18(16)24-26-20/h5-10H,1-4H3/b21-9+,22-10+. The van der Waals surface area contributed by atoms with E-state index in [0.29, 0.717) is 22.5 Å². The molecular formula is C18H18N8. The van der Waals surface area contributed by atoms with E-state index in [-0.39, 0.29) is 0 Å². The van der Waals surface area contributed by atoms with Gasteiger partial charge in [0, 0.05) is 32.3 Å². The molecule has 26 heavy (non-hydrogen) atoms. The molecule has 0 aliphatic rings. The number of azide groups is 2. The van der Waals surface area contributed by atoms with Gasteiger partial charge in [0.15, 0.2) is 0 Å². The topological polar surface area (TPSA) is 122 Å². The van der Waals surface area contributed by atoms with Crippen LogP contribution in [0.3, 0.4) is 0 Å². The zero-order valence-electron chi connectivity index (χ0n) is 15.0. The first-order valence-corrected chi connectivity index (χ1v) is 7.85. The Morgan fingerprint density at radius 2 is 1.08 bits per heavy atom. The Hall–Kier alpha value is -3.60. The lowest BCUT2D eigenvalue weighted by molar-refractivity contribution is 1.25. The summed E-state index contributed by atoms with van der Waals surface area (Å²) in [6.45, 7) is 7.66. The molecule has 0 aromatic heterocycles. The molecule has 0 unspecified atom stereocenters. The van der Waals surface area contributed by atoms with E-state index in [2.05, 4.69) is 30.3 Å². The van der Waals surface area contributed by atoms with Gasteiger partial charge in [-0.05, 0) is 62.0 Å².